The van der Waals surface area contributed by atoms with Crippen molar-refractivity contribution in [1.29, 1.82) is 0 Å². The monoisotopic (exact) mass is 82.1 g/mol. The van der Waals surface area contributed by atoms with Gasteiger partial charge in [-0.2, -0.15) is 0 Å². The Morgan fingerprint density at radius 3 is 2.00 bits per heavy atom. The van der Waals surface area contributed by atoms with Crippen LogP contribution < -0.4 is 24.0 Å². The smallest absolute Gasteiger partial charge is 0.854 e. The molecule has 0 spiro atoms. The fourth-order valence-corrected chi connectivity index (χ4v) is 0.0645. The summed E-state index contributed by atoms with van der Waals surface area (Å²) in [6, 6.07) is 0. The van der Waals surface area contributed by atoms with E-state index in [2.05, 4.69) is 0 Å². The molecule has 0 unspecified atom stereocenters. The van der Waals surface area contributed by atoms with E-state index < -0.39 is 0 Å². The van der Waals surface area contributed by atoms with Gasteiger partial charge in [-0.15, -0.1) is 6.61 Å². The molecule has 0 heterocycles. The van der Waals surface area contributed by atoms with Crippen LogP contribution >= 0.6 is 0 Å². The fourth-order valence-electron chi connectivity index (χ4n) is 0.0645. The van der Waals surface area contributed by atoms with Crippen molar-refractivity contribution in [1.82, 2.24) is 0 Å². The largest absolute Gasteiger partial charge is 1.00 e. The minimum absolute atomic E-state index is 0. The van der Waals surface area contributed by atoms with Crippen LogP contribution in [0.1, 0.15) is 6.42 Å². The SMILES string of the molecule is [Li+].[O-]CCCO. The second-order valence-corrected chi connectivity index (χ2v) is 0.781. The molecule has 0 amide bonds. The molecule has 0 aromatic rings. The zero-order valence-corrected chi connectivity index (χ0v) is 3.98. The molecule has 0 saturated heterocycles. The first-order valence-corrected chi connectivity index (χ1v) is 1.60. The van der Waals surface area contributed by atoms with E-state index in [1.165, 1.54) is 0 Å². The first-order valence-electron chi connectivity index (χ1n) is 1.60. The molecule has 0 aliphatic rings. The van der Waals surface area contributed by atoms with Gasteiger partial charge in [-0.1, -0.05) is 0 Å². The summed E-state index contributed by atoms with van der Waals surface area (Å²) >= 11 is 0. The average molecular weight is 82.0 g/mol. The second kappa shape index (κ2) is 9.10. The number of rotatable bonds is 2. The first kappa shape index (κ1) is 9.72. The van der Waals surface area contributed by atoms with Gasteiger partial charge in [0.05, 0.1) is 0 Å². The van der Waals surface area contributed by atoms with Gasteiger partial charge in [-0.25, -0.2) is 0 Å². The third-order valence-corrected chi connectivity index (χ3v) is 0.302. The molecule has 0 fully saturated rings. The average Bonchev–Trinajstić information content (AvgIpc) is 1.41. The Balaban J connectivity index is 0. The third-order valence-electron chi connectivity index (χ3n) is 0.302. The van der Waals surface area contributed by atoms with E-state index in [1.54, 1.807) is 0 Å². The van der Waals surface area contributed by atoms with Crippen molar-refractivity contribution < 1.29 is 29.1 Å². The van der Waals surface area contributed by atoms with Gasteiger partial charge in [0.25, 0.3) is 0 Å². The molecule has 0 atom stereocenters. The van der Waals surface area contributed by atoms with Crippen LogP contribution in [0.2, 0.25) is 0 Å². The molecule has 0 rings (SSSR count). The van der Waals surface area contributed by atoms with Crippen molar-refractivity contribution in [3.63, 3.8) is 0 Å². The van der Waals surface area contributed by atoms with Crippen molar-refractivity contribution in [3.8, 4) is 0 Å². The maximum atomic E-state index is 9.37. The number of hydrogen-bond donors (Lipinski definition) is 1. The summed E-state index contributed by atoms with van der Waals surface area (Å²) in [6.45, 7) is -0.125. The van der Waals surface area contributed by atoms with E-state index in [-0.39, 0.29) is 32.1 Å². The van der Waals surface area contributed by atoms with Crippen LogP contribution in [-0.2, 0) is 0 Å². The van der Waals surface area contributed by atoms with Gasteiger partial charge >= 0.3 is 18.9 Å². The van der Waals surface area contributed by atoms with Gasteiger partial charge < -0.3 is 10.2 Å². The normalized spacial score (nSPS) is 7.00. The Kier molecular flexibility index (Phi) is 14.7. The van der Waals surface area contributed by atoms with Gasteiger partial charge in [0.1, 0.15) is 0 Å². The predicted octanol–water partition coefficient (Wildman–Crippen LogP) is -4.27. The van der Waals surface area contributed by atoms with Crippen molar-refractivity contribution in [2.24, 2.45) is 0 Å². The Morgan fingerprint density at radius 2 is 2.00 bits per heavy atom. The predicted molar refractivity (Wildman–Crippen MR) is 16.6 cm³/mol. The summed E-state index contributed by atoms with van der Waals surface area (Å²) in [4.78, 5) is 0. The summed E-state index contributed by atoms with van der Waals surface area (Å²) in [6.07, 6.45) is 0.389. The summed E-state index contributed by atoms with van der Waals surface area (Å²) in [5.41, 5.74) is 0. The number of hydrogen-bond acceptors (Lipinski definition) is 2. The van der Waals surface area contributed by atoms with Crippen LogP contribution in [0, 0.1) is 0 Å². The van der Waals surface area contributed by atoms with Crippen LogP contribution in [0.25, 0.3) is 0 Å². The first-order chi connectivity index (χ1) is 2.41. The number of aliphatic hydroxyl groups is 1. The molecule has 2 nitrogen and oxygen atoms in total. The van der Waals surface area contributed by atoms with E-state index in [0.29, 0.717) is 6.42 Å². The molecule has 0 aromatic heterocycles. The molecule has 0 aromatic carbocycles. The molecular formula is C3H7LiO2. The maximum Gasteiger partial charge on any atom is 1.00 e. The van der Waals surface area contributed by atoms with Crippen LogP contribution in [-0.4, -0.2) is 18.3 Å². The molecule has 32 valence electrons. The zero-order valence-electron chi connectivity index (χ0n) is 3.98. The van der Waals surface area contributed by atoms with Crippen LogP contribution in [0.3, 0.4) is 0 Å². The van der Waals surface area contributed by atoms with E-state index in [0.717, 1.165) is 0 Å². The van der Waals surface area contributed by atoms with E-state index in [9.17, 15) is 5.11 Å². The third kappa shape index (κ3) is 8.82. The summed E-state index contributed by atoms with van der Waals surface area (Å²) < 4.78 is 0. The van der Waals surface area contributed by atoms with Gasteiger partial charge in [0, 0.05) is 6.61 Å². The molecule has 1 N–H and O–H groups in total. The molecular weight excluding hydrogens is 75.0 g/mol. The maximum absolute atomic E-state index is 9.37. The molecule has 0 aliphatic heterocycles. The topological polar surface area (TPSA) is 43.3 Å². The molecule has 0 aliphatic carbocycles. The van der Waals surface area contributed by atoms with Gasteiger partial charge in [-0.05, 0) is 6.42 Å². The van der Waals surface area contributed by atoms with E-state index in [1.807, 2.05) is 0 Å². The Labute approximate surface area is 49.4 Å². The molecule has 6 heavy (non-hydrogen) atoms. The fraction of sp³-hybridized carbons (Fsp3) is 1.00. The minimum atomic E-state index is -0.156. The Hall–Kier alpha value is 0.517. The van der Waals surface area contributed by atoms with E-state index >= 15 is 0 Å². The summed E-state index contributed by atoms with van der Waals surface area (Å²) in [7, 11) is 0. The van der Waals surface area contributed by atoms with Gasteiger partial charge in [0.2, 0.25) is 0 Å². The van der Waals surface area contributed by atoms with Crippen molar-refractivity contribution in [2.45, 2.75) is 6.42 Å². The summed E-state index contributed by atoms with van der Waals surface area (Å²) in [5.74, 6) is 0. The number of aliphatic hydroxyl groups excluding tert-OH is 1. The molecule has 0 radical (unpaired) electrons. The molecule has 3 heteroatoms. The van der Waals surface area contributed by atoms with Crippen LogP contribution in [0.5, 0.6) is 0 Å². The van der Waals surface area contributed by atoms with E-state index in [4.69, 9.17) is 5.11 Å². The van der Waals surface area contributed by atoms with Gasteiger partial charge in [-0.3, -0.25) is 0 Å². The molecule has 0 bridgehead atoms. The molecule has 0 saturated carbocycles. The quantitative estimate of drug-likeness (QED) is 0.343. The standard InChI is InChI=1S/C3H7O2.Li/c4-2-1-3-5;/h4H,1-3H2;/q-1;+1. The second-order valence-electron chi connectivity index (χ2n) is 0.781. The summed E-state index contributed by atoms with van der Waals surface area (Å²) in [5, 5.41) is 17.2. The zero-order chi connectivity index (χ0) is 4.12. The van der Waals surface area contributed by atoms with Crippen LogP contribution in [0.4, 0.5) is 0 Å². The minimum Gasteiger partial charge on any atom is -0.854 e. The Morgan fingerprint density at radius 1 is 1.50 bits per heavy atom. The van der Waals surface area contributed by atoms with Crippen molar-refractivity contribution in [2.75, 3.05) is 13.2 Å². The Bertz CT molecular complexity index is 16.3. The van der Waals surface area contributed by atoms with Crippen molar-refractivity contribution in [3.05, 3.63) is 0 Å². The van der Waals surface area contributed by atoms with Gasteiger partial charge in [0.15, 0.2) is 0 Å². The van der Waals surface area contributed by atoms with Crippen molar-refractivity contribution >= 4 is 0 Å². The van der Waals surface area contributed by atoms with Crippen LogP contribution in [0.15, 0.2) is 0 Å².